The highest BCUT2D eigenvalue weighted by Crippen LogP contribution is 2.27. The van der Waals surface area contributed by atoms with Crippen molar-refractivity contribution in [3.8, 4) is 0 Å². The number of nitrogens with two attached hydrogens (primary N) is 1. The average molecular weight is 272 g/mol. The Kier molecular flexibility index (Phi) is 2.65. The van der Waals surface area contributed by atoms with E-state index in [9.17, 15) is 4.39 Å². The highest BCUT2D eigenvalue weighted by atomic mass is 79.9. The molecular formula is C10H11BrFN3. The summed E-state index contributed by atoms with van der Waals surface area (Å²) in [6, 6.07) is 5.09. The summed E-state index contributed by atoms with van der Waals surface area (Å²) < 4.78 is 13.5. The fourth-order valence-corrected chi connectivity index (χ4v) is 2.02. The minimum atomic E-state index is -0.256. The molecule has 80 valence electrons. The Bertz CT molecular complexity index is 419. The van der Waals surface area contributed by atoms with Crippen molar-refractivity contribution in [2.24, 2.45) is 10.7 Å². The van der Waals surface area contributed by atoms with Crippen molar-refractivity contribution in [2.75, 3.05) is 13.6 Å². The molecule has 1 aliphatic heterocycles. The molecule has 0 aromatic heterocycles. The van der Waals surface area contributed by atoms with E-state index in [1.165, 1.54) is 6.07 Å². The lowest BCUT2D eigenvalue weighted by molar-refractivity contribution is 0.413. The number of aliphatic imine (C=N–C) groups is 1. The predicted molar refractivity (Wildman–Crippen MR) is 61.1 cm³/mol. The van der Waals surface area contributed by atoms with Crippen LogP contribution in [0.2, 0.25) is 0 Å². The molecule has 0 fully saturated rings. The van der Waals surface area contributed by atoms with Gasteiger partial charge in [0, 0.05) is 7.05 Å². The van der Waals surface area contributed by atoms with Crippen molar-refractivity contribution in [2.45, 2.75) is 6.04 Å². The summed E-state index contributed by atoms with van der Waals surface area (Å²) in [6.45, 7) is 0.625. The summed E-state index contributed by atoms with van der Waals surface area (Å²) in [5, 5.41) is 0. The van der Waals surface area contributed by atoms with Gasteiger partial charge in [-0.25, -0.2) is 4.39 Å². The topological polar surface area (TPSA) is 41.6 Å². The fourth-order valence-electron chi connectivity index (χ4n) is 1.62. The van der Waals surface area contributed by atoms with Gasteiger partial charge in [0.2, 0.25) is 0 Å². The maximum absolute atomic E-state index is 13.0. The molecule has 15 heavy (non-hydrogen) atoms. The van der Waals surface area contributed by atoms with Gasteiger partial charge in [-0.15, -0.1) is 0 Å². The van der Waals surface area contributed by atoms with Crippen LogP contribution in [0.4, 0.5) is 4.39 Å². The largest absolute Gasteiger partial charge is 0.370 e. The highest BCUT2D eigenvalue weighted by molar-refractivity contribution is 9.10. The van der Waals surface area contributed by atoms with Gasteiger partial charge in [0.15, 0.2) is 5.96 Å². The SMILES string of the molecule is CN1C(N)=NCC1c1ccc(F)c(Br)c1. The van der Waals surface area contributed by atoms with Crippen LogP contribution in [0.15, 0.2) is 27.7 Å². The molecule has 1 heterocycles. The number of rotatable bonds is 1. The fraction of sp³-hybridized carbons (Fsp3) is 0.300. The first kappa shape index (κ1) is 10.4. The third kappa shape index (κ3) is 1.84. The van der Waals surface area contributed by atoms with Crippen LogP contribution in [0, 0.1) is 5.82 Å². The van der Waals surface area contributed by atoms with Crippen molar-refractivity contribution in [3.05, 3.63) is 34.1 Å². The molecule has 2 N–H and O–H groups in total. The van der Waals surface area contributed by atoms with Gasteiger partial charge in [0.25, 0.3) is 0 Å². The molecule has 0 saturated heterocycles. The van der Waals surface area contributed by atoms with Crippen molar-refractivity contribution < 1.29 is 4.39 Å². The first-order valence-electron chi connectivity index (χ1n) is 4.57. The van der Waals surface area contributed by atoms with Crippen LogP contribution in [0.5, 0.6) is 0 Å². The van der Waals surface area contributed by atoms with E-state index in [-0.39, 0.29) is 11.9 Å². The molecule has 1 aromatic carbocycles. The zero-order valence-electron chi connectivity index (χ0n) is 8.24. The van der Waals surface area contributed by atoms with Gasteiger partial charge < -0.3 is 10.6 Å². The zero-order valence-corrected chi connectivity index (χ0v) is 9.83. The lowest BCUT2D eigenvalue weighted by atomic mass is 10.1. The first-order chi connectivity index (χ1) is 7.09. The maximum atomic E-state index is 13.0. The molecule has 1 aromatic rings. The van der Waals surface area contributed by atoms with Gasteiger partial charge >= 0.3 is 0 Å². The molecule has 2 rings (SSSR count). The number of hydrogen-bond acceptors (Lipinski definition) is 3. The minimum absolute atomic E-state index is 0.113. The predicted octanol–water partition coefficient (Wildman–Crippen LogP) is 1.89. The Balaban J connectivity index is 2.28. The van der Waals surface area contributed by atoms with Crippen LogP contribution in [-0.4, -0.2) is 24.5 Å². The Labute approximate surface area is 95.9 Å². The Morgan fingerprint density at radius 3 is 2.87 bits per heavy atom. The van der Waals surface area contributed by atoms with E-state index in [0.717, 1.165) is 5.56 Å². The second-order valence-corrected chi connectivity index (χ2v) is 4.35. The van der Waals surface area contributed by atoms with Gasteiger partial charge in [-0.1, -0.05) is 6.07 Å². The number of guanidine groups is 1. The first-order valence-corrected chi connectivity index (χ1v) is 5.36. The summed E-state index contributed by atoms with van der Waals surface area (Å²) in [6.07, 6.45) is 0. The number of nitrogens with zero attached hydrogens (tertiary/aromatic N) is 2. The van der Waals surface area contributed by atoms with Crippen LogP contribution < -0.4 is 5.73 Å². The maximum Gasteiger partial charge on any atom is 0.191 e. The van der Waals surface area contributed by atoms with E-state index in [1.54, 1.807) is 12.1 Å². The molecule has 0 radical (unpaired) electrons. The standard InChI is InChI=1S/C10H11BrFN3/c1-15-9(5-14-10(15)13)6-2-3-8(12)7(11)4-6/h2-4,9H,5H2,1H3,(H2,13,14). The van der Waals surface area contributed by atoms with E-state index in [4.69, 9.17) is 5.73 Å². The van der Waals surface area contributed by atoms with E-state index in [2.05, 4.69) is 20.9 Å². The highest BCUT2D eigenvalue weighted by Gasteiger charge is 2.24. The van der Waals surface area contributed by atoms with Gasteiger partial charge in [-0.05, 0) is 33.6 Å². The number of likely N-dealkylation sites (N-methyl/N-ethyl adjacent to an activating group) is 1. The molecule has 0 aliphatic carbocycles. The molecule has 0 amide bonds. The van der Waals surface area contributed by atoms with Crippen molar-refractivity contribution in [1.29, 1.82) is 0 Å². The second kappa shape index (κ2) is 3.81. The van der Waals surface area contributed by atoms with E-state index < -0.39 is 0 Å². The third-order valence-corrected chi connectivity index (χ3v) is 3.19. The lowest BCUT2D eigenvalue weighted by Crippen LogP contribution is -2.32. The average Bonchev–Trinajstić information content (AvgIpc) is 2.53. The Morgan fingerprint density at radius 2 is 2.33 bits per heavy atom. The summed E-state index contributed by atoms with van der Waals surface area (Å²) in [7, 11) is 1.88. The summed E-state index contributed by atoms with van der Waals surface area (Å²) in [5.41, 5.74) is 6.67. The van der Waals surface area contributed by atoms with Crippen LogP contribution in [-0.2, 0) is 0 Å². The summed E-state index contributed by atoms with van der Waals surface area (Å²) in [4.78, 5) is 6.03. The molecule has 3 nitrogen and oxygen atoms in total. The lowest BCUT2D eigenvalue weighted by Gasteiger charge is -2.21. The number of hydrogen-bond donors (Lipinski definition) is 1. The van der Waals surface area contributed by atoms with E-state index in [0.29, 0.717) is 17.0 Å². The van der Waals surface area contributed by atoms with Gasteiger partial charge in [0.1, 0.15) is 5.82 Å². The van der Waals surface area contributed by atoms with Gasteiger partial charge in [-0.3, -0.25) is 4.99 Å². The quantitative estimate of drug-likeness (QED) is 0.848. The molecule has 0 spiro atoms. The molecule has 0 bridgehead atoms. The Morgan fingerprint density at radius 1 is 1.60 bits per heavy atom. The third-order valence-electron chi connectivity index (χ3n) is 2.58. The van der Waals surface area contributed by atoms with Crippen molar-refractivity contribution >= 4 is 21.9 Å². The zero-order chi connectivity index (χ0) is 11.0. The van der Waals surface area contributed by atoms with E-state index >= 15 is 0 Å². The van der Waals surface area contributed by atoms with Gasteiger partial charge in [-0.2, -0.15) is 0 Å². The molecule has 1 unspecified atom stereocenters. The van der Waals surface area contributed by atoms with Crippen molar-refractivity contribution in [3.63, 3.8) is 0 Å². The molecular weight excluding hydrogens is 261 g/mol. The second-order valence-electron chi connectivity index (χ2n) is 3.50. The molecule has 0 saturated carbocycles. The van der Waals surface area contributed by atoms with Gasteiger partial charge in [0.05, 0.1) is 17.1 Å². The molecule has 5 heteroatoms. The van der Waals surface area contributed by atoms with Crippen LogP contribution >= 0.6 is 15.9 Å². The Hall–Kier alpha value is -1.10. The number of halogens is 2. The normalized spacial score (nSPS) is 20.6. The monoisotopic (exact) mass is 271 g/mol. The van der Waals surface area contributed by atoms with Crippen LogP contribution in [0.25, 0.3) is 0 Å². The molecule has 1 atom stereocenters. The molecule has 1 aliphatic rings. The smallest absolute Gasteiger partial charge is 0.191 e. The van der Waals surface area contributed by atoms with Crippen LogP contribution in [0.1, 0.15) is 11.6 Å². The van der Waals surface area contributed by atoms with E-state index in [1.807, 2.05) is 11.9 Å². The van der Waals surface area contributed by atoms with Crippen LogP contribution in [0.3, 0.4) is 0 Å². The minimum Gasteiger partial charge on any atom is -0.370 e. The number of benzene rings is 1. The summed E-state index contributed by atoms with van der Waals surface area (Å²) >= 11 is 3.17. The summed E-state index contributed by atoms with van der Waals surface area (Å²) in [5.74, 6) is 0.272. The van der Waals surface area contributed by atoms with Crippen molar-refractivity contribution in [1.82, 2.24) is 4.90 Å².